The van der Waals surface area contributed by atoms with Crippen LogP contribution >= 0.6 is 96.1 Å². The molecule has 0 amide bonds. The predicted octanol–water partition coefficient (Wildman–Crippen LogP) is 6.51. The van der Waals surface area contributed by atoms with E-state index in [4.69, 9.17) is 66.1 Å². The van der Waals surface area contributed by atoms with Crippen LogP contribution in [0.25, 0.3) is 0 Å². The van der Waals surface area contributed by atoms with Crippen LogP contribution in [0.15, 0.2) is 0 Å². The molecule has 239 valence electrons. The van der Waals surface area contributed by atoms with Gasteiger partial charge in [0.05, 0.1) is 5.69 Å². The maximum atomic E-state index is 5.14. The summed E-state index contributed by atoms with van der Waals surface area (Å²) in [6.07, 6.45) is 0. The molecule has 25 heteroatoms. The molecule has 0 saturated carbocycles. The van der Waals surface area contributed by atoms with E-state index in [0.29, 0.717) is 4.32 Å². The van der Waals surface area contributed by atoms with E-state index in [1.165, 1.54) is 85.1 Å². The average Bonchev–Trinajstić information content (AvgIpc) is 2.90. The maximum Gasteiger partial charge on any atom is 0.257 e. The molecule has 0 saturated heterocycles. The quantitative estimate of drug-likeness (QED) is 0.0833. The summed E-state index contributed by atoms with van der Waals surface area (Å²) < 4.78 is 31.7. The molecule has 0 atom stereocenters. The van der Waals surface area contributed by atoms with Crippen molar-refractivity contribution in [3.63, 3.8) is 0 Å². The SMILES string of the molecule is CN(C)C(=S)SSC(=S)N(C)C.CN(C)C(=S)[S-].COP(=S)(OC)SSP(=S)(OC)OC.COP(=S)([S-])OC.[B]. The smallest absolute Gasteiger partial charge is 0.257 e. The number of nitrogens with zero attached hydrogens (tertiary/aromatic N) is 3. The van der Waals surface area contributed by atoms with Crippen molar-refractivity contribution >= 4 is 178 Å². The molecule has 40 heavy (non-hydrogen) atoms. The van der Waals surface area contributed by atoms with Crippen LogP contribution in [0.3, 0.4) is 0 Å². The molecule has 0 fully saturated rings. The van der Waals surface area contributed by atoms with Gasteiger partial charge >= 0.3 is 0 Å². The van der Waals surface area contributed by atoms with Gasteiger partial charge in [0, 0.05) is 114 Å². The Bertz CT molecular complexity index is 793. The van der Waals surface area contributed by atoms with E-state index in [2.05, 4.69) is 57.9 Å². The Labute approximate surface area is 301 Å². The second kappa shape index (κ2) is 29.8. The van der Waals surface area contributed by atoms with Gasteiger partial charge in [0.1, 0.15) is 8.64 Å². The maximum absolute atomic E-state index is 5.14. The van der Waals surface area contributed by atoms with Crippen molar-refractivity contribution in [1.82, 2.24) is 14.7 Å². The van der Waals surface area contributed by atoms with E-state index in [-0.39, 0.29) is 8.41 Å². The predicted molar refractivity (Wildman–Crippen MR) is 215 cm³/mol. The molecule has 0 unspecified atom stereocenters. The lowest BCUT2D eigenvalue weighted by Crippen LogP contribution is -2.18. The van der Waals surface area contributed by atoms with Crippen LogP contribution in [0.1, 0.15) is 0 Å². The standard InChI is InChI=1S/C6H12N2S4.C4H12O4P2S4.C3H7NS2.C2H7O2PS2.B/c1-7(2)5(9)11-12-6(10)8(3)4;1-5-9(11,6-2)13-14-10(12,7-3)8-4;1-4(2)3(5)6;1-3-5(6,7)4-2;/h1-4H3;1-4H3;1-2H3,(H,5,6);1-2H3,(H,6,7);/p-2. The zero-order valence-electron chi connectivity index (χ0n) is 24.1. The Hall–Kier alpha value is 3.41. The summed E-state index contributed by atoms with van der Waals surface area (Å²) in [4.78, 5) is 5.50. The fourth-order valence-electron chi connectivity index (χ4n) is 0.647. The van der Waals surface area contributed by atoms with Gasteiger partial charge in [-0.15, -0.1) is 0 Å². The van der Waals surface area contributed by atoms with Gasteiger partial charge in [0.2, 0.25) is 0 Å². The van der Waals surface area contributed by atoms with Crippen LogP contribution in [0, 0.1) is 0 Å². The fourth-order valence-corrected chi connectivity index (χ4v) is 17.6. The van der Waals surface area contributed by atoms with E-state index >= 15 is 0 Å². The Morgan fingerprint density at radius 2 is 0.800 bits per heavy atom. The van der Waals surface area contributed by atoms with Crippen LogP contribution in [0.5, 0.6) is 0 Å². The van der Waals surface area contributed by atoms with E-state index in [0.717, 1.165) is 8.64 Å². The van der Waals surface area contributed by atoms with Gasteiger partial charge < -0.3 is 78.9 Å². The molecule has 0 N–H and O–H groups in total. The van der Waals surface area contributed by atoms with Crippen molar-refractivity contribution in [3.05, 3.63) is 0 Å². The second-order valence-electron chi connectivity index (χ2n) is 6.23. The van der Waals surface area contributed by atoms with Gasteiger partial charge in [-0.3, -0.25) is 0 Å². The lowest BCUT2D eigenvalue weighted by molar-refractivity contribution is 0.353. The summed E-state index contributed by atoms with van der Waals surface area (Å²) in [5.41, 5.74) is -6.82. The summed E-state index contributed by atoms with van der Waals surface area (Å²) in [5.74, 6) is 0. The highest BCUT2D eigenvalue weighted by molar-refractivity contribution is 9.17. The number of thiocarbonyl (C=S) groups is 3. The number of hydrogen-bond acceptors (Lipinski definition) is 18. The molecule has 0 aliphatic heterocycles. The van der Waals surface area contributed by atoms with E-state index in [9.17, 15) is 0 Å². The third kappa shape index (κ3) is 32.8. The van der Waals surface area contributed by atoms with E-state index < -0.39 is 17.1 Å². The zero-order valence-corrected chi connectivity index (χ0v) is 36.6. The van der Waals surface area contributed by atoms with Gasteiger partial charge in [-0.1, -0.05) is 40.6 Å². The van der Waals surface area contributed by atoms with Crippen LogP contribution < -0.4 is 0 Å². The van der Waals surface area contributed by atoms with Gasteiger partial charge in [0.25, 0.3) is 11.4 Å². The topological polar surface area (TPSA) is 65.1 Å². The van der Waals surface area contributed by atoms with Crippen LogP contribution in [0.4, 0.5) is 0 Å². The first-order valence-electron chi connectivity index (χ1n) is 9.55. The lowest BCUT2D eigenvalue weighted by atomic mass is 10.8. The summed E-state index contributed by atoms with van der Waals surface area (Å²) in [6, 6.07) is 0. The highest BCUT2D eigenvalue weighted by Gasteiger charge is 2.25. The molecule has 0 spiro atoms. The third-order valence-corrected chi connectivity index (χ3v) is 26.5. The molecule has 0 aromatic rings. The highest BCUT2D eigenvalue weighted by atomic mass is 33.5. The first-order chi connectivity index (χ1) is 17.7. The lowest BCUT2D eigenvalue weighted by Gasteiger charge is -2.22. The Kier molecular flexibility index (Phi) is 39.4. The fraction of sp³-hybridized carbons (Fsp3) is 0.800. The van der Waals surface area contributed by atoms with Crippen molar-refractivity contribution in [3.8, 4) is 0 Å². The zero-order chi connectivity index (χ0) is 32.0. The molecule has 9 nitrogen and oxygen atoms in total. The molecule has 0 aliphatic rings. The molecule has 0 aliphatic carbocycles. The molecule has 0 bridgehead atoms. The first kappa shape index (κ1) is 52.9. The van der Waals surface area contributed by atoms with Crippen molar-refractivity contribution in [2.45, 2.75) is 0 Å². The van der Waals surface area contributed by atoms with Crippen LogP contribution in [-0.4, -0.2) is 121 Å². The van der Waals surface area contributed by atoms with Crippen molar-refractivity contribution < 1.29 is 27.1 Å². The van der Waals surface area contributed by atoms with E-state index in [1.807, 2.05) is 52.1 Å². The number of hydrogen-bond donors (Lipinski definition) is 0. The number of rotatable bonds is 9. The molecule has 0 rings (SSSR count). The van der Waals surface area contributed by atoms with Gasteiger partial charge in [-0.05, 0) is 45.2 Å². The minimum Gasteiger partial charge on any atom is -0.691 e. The minimum absolute atomic E-state index is 0. The minimum atomic E-state index is -2.29. The highest BCUT2D eigenvalue weighted by Crippen LogP contribution is 2.76. The van der Waals surface area contributed by atoms with Gasteiger partial charge in [-0.2, -0.15) is 0 Å². The Morgan fingerprint density at radius 3 is 0.900 bits per heavy atom. The molecule has 0 aromatic heterocycles. The van der Waals surface area contributed by atoms with Crippen LogP contribution in [-0.2, 0) is 87.4 Å². The summed E-state index contributed by atoms with van der Waals surface area (Å²) in [6.45, 7) is 0. The first-order valence-corrected chi connectivity index (χ1v) is 25.6. The molecule has 0 aromatic carbocycles. The Morgan fingerprint density at radius 1 is 0.575 bits per heavy atom. The molecule has 0 heterocycles. The normalized spacial score (nSPS) is 10.6. The van der Waals surface area contributed by atoms with Crippen molar-refractivity contribution in [2.24, 2.45) is 0 Å². The average molecular weight is 843 g/mol. The largest absolute Gasteiger partial charge is 0.691 e. The summed E-state index contributed by atoms with van der Waals surface area (Å²) in [5, 5.41) is 0. The Balaban J connectivity index is -0.000000143. The monoisotopic (exact) mass is 842 g/mol. The van der Waals surface area contributed by atoms with Crippen LogP contribution in [0.2, 0.25) is 0 Å². The van der Waals surface area contributed by atoms with Gasteiger partial charge in [-0.25, -0.2) is 0 Å². The summed E-state index contributed by atoms with van der Waals surface area (Å²) >= 11 is 38.8. The van der Waals surface area contributed by atoms with Crippen molar-refractivity contribution in [1.29, 1.82) is 0 Å². The van der Waals surface area contributed by atoms with Gasteiger partial charge in [0.15, 0.2) is 0 Å². The second-order valence-corrected chi connectivity index (χ2v) is 30.1. The summed E-state index contributed by atoms with van der Waals surface area (Å²) in [7, 11) is 25.9. The molecular formula is C15H36BN3O6P3S12-2. The molecule has 3 radical (unpaired) electrons. The van der Waals surface area contributed by atoms with Crippen molar-refractivity contribution in [2.75, 3.05) is 84.9 Å². The third-order valence-electron chi connectivity index (χ3n) is 2.84. The van der Waals surface area contributed by atoms with E-state index in [1.54, 1.807) is 4.90 Å². The molecular weight excluding hydrogens is 807 g/mol.